The van der Waals surface area contributed by atoms with E-state index in [4.69, 9.17) is 19.0 Å². The van der Waals surface area contributed by atoms with E-state index in [9.17, 15) is 14.4 Å². The van der Waals surface area contributed by atoms with Crippen LogP contribution < -0.4 is 20.2 Å². The minimum atomic E-state index is -1.22. The summed E-state index contributed by atoms with van der Waals surface area (Å²) in [6, 6.07) is 10.2. The number of anilines is 1. The fraction of sp³-hybridized carbons (Fsp3) is 0.160. The molecule has 0 bridgehead atoms. The lowest BCUT2D eigenvalue weighted by Gasteiger charge is -2.09. The Morgan fingerprint density at radius 1 is 1.06 bits per heavy atom. The number of carboxylic acid groups (broad SMARTS) is 1. The summed E-state index contributed by atoms with van der Waals surface area (Å²) in [5, 5.41) is 11.6. The van der Waals surface area contributed by atoms with Gasteiger partial charge in [-0.25, -0.2) is 4.79 Å². The van der Waals surface area contributed by atoms with Gasteiger partial charge < -0.3 is 24.3 Å². The van der Waals surface area contributed by atoms with Gasteiger partial charge in [-0.3, -0.25) is 9.59 Å². The number of hydrogen-bond acceptors (Lipinski definition) is 6. The quantitative estimate of drug-likeness (QED) is 0.551. The van der Waals surface area contributed by atoms with Crippen molar-refractivity contribution in [2.45, 2.75) is 12.8 Å². The number of hydrogen-bond donors (Lipinski definition) is 2. The fourth-order valence-corrected chi connectivity index (χ4v) is 3.78. The zero-order valence-electron chi connectivity index (χ0n) is 18.0. The third-order valence-corrected chi connectivity index (χ3v) is 5.33. The van der Waals surface area contributed by atoms with Gasteiger partial charge in [0.05, 0.1) is 19.6 Å². The molecule has 0 unspecified atom stereocenters. The van der Waals surface area contributed by atoms with Crippen LogP contribution in [0.2, 0.25) is 0 Å². The van der Waals surface area contributed by atoms with Gasteiger partial charge in [-0.15, -0.1) is 0 Å². The molecule has 1 aliphatic carbocycles. The molecule has 1 heterocycles. The second-order valence-electron chi connectivity index (χ2n) is 7.39. The van der Waals surface area contributed by atoms with Crippen molar-refractivity contribution in [1.82, 2.24) is 0 Å². The van der Waals surface area contributed by atoms with Crippen molar-refractivity contribution >= 4 is 40.2 Å². The molecule has 3 aromatic rings. The highest BCUT2D eigenvalue weighted by Crippen LogP contribution is 2.36. The van der Waals surface area contributed by atoms with Gasteiger partial charge in [-0.1, -0.05) is 0 Å². The SMILES string of the molecule is COc1ccc(OC)c(C=C2CCc3c2oc2cc(NC(=O)/C=C/C(=O)O)ccc2c3=O)c1. The molecular weight excluding hydrogens is 426 g/mol. The Hall–Kier alpha value is -4.33. The zero-order valence-corrected chi connectivity index (χ0v) is 18.0. The number of carboxylic acids is 1. The molecule has 0 aliphatic heterocycles. The van der Waals surface area contributed by atoms with E-state index in [0.717, 1.165) is 23.3 Å². The van der Waals surface area contributed by atoms with E-state index in [0.29, 0.717) is 52.3 Å². The van der Waals surface area contributed by atoms with Gasteiger partial charge in [0.15, 0.2) is 5.43 Å². The Bertz CT molecular complexity index is 1380. The second kappa shape index (κ2) is 9.04. The fourth-order valence-electron chi connectivity index (χ4n) is 3.78. The standard InChI is InChI=1S/C25H21NO7/c1-31-17-5-8-20(32-2)15(12-17)11-14-3-6-19-24(30)18-7-4-16(13-21(18)33-25(14)19)26-22(27)9-10-23(28)29/h4-5,7-13H,3,6H2,1-2H3,(H,26,27)(H,28,29)/b10-9+,14-11?. The Balaban J connectivity index is 1.75. The van der Waals surface area contributed by atoms with Crippen molar-refractivity contribution in [1.29, 1.82) is 0 Å². The summed E-state index contributed by atoms with van der Waals surface area (Å²) in [4.78, 5) is 35.5. The van der Waals surface area contributed by atoms with Gasteiger partial charge in [0, 0.05) is 35.0 Å². The monoisotopic (exact) mass is 447 g/mol. The normalized spacial score (nSPS) is 13.9. The van der Waals surface area contributed by atoms with E-state index in [1.165, 1.54) is 0 Å². The maximum atomic E-state index is 13.1. The number of nitrogens with one attached hydrogen (secondary N) is 1. The van der Waals surface area contributed by atoms with Crippen molar-refractivity contribution in [3.8, 4) is 11.5 Å². The molecule has 2 aromatic carbocycles. The molecule has 0 atom stereocenters. The van der Waals surface area contributed by atoms with Gasteiger partial charge in [0.1, 0.15) is 22.8 Å². The lowest BCUT2D eigenvalue weighted by Crippen LogP contribution is -2.11. The number of rotatable bonds is 6. The first-order valence-electron chi connectivity index (χ1n) is 10.1. The summed E-state index contributed by atoms with van der Waals surface area (Å²) >= 11 is 0. The zero-order chi connectivity index (χ0) is 23.5. The number of benzene rings is 2. The van der Waals surface area contributed by atoms with E-state index in [1.807, 2.05) is 18.2 Å². The van der Waals surface area contributed by atoms with Crippen LogP contribution in [-0.2, 0) is 16.0 Å². The summed E-state index contributed by atoms with van der Waals surface area (Å²) in [6.45, 7) is 0. The molecule has 4 rings (SSSR count). The molecule has 0 fully saturated rings. The first kappa shape index (κ1) is 21.9. The maximum Gasteiger partial charge on any atom is 0.328 e. The minimum Gasteiger partial charge on any atom is -0.497 e. The molecule has 2 N–H and O–H groups in total. The van der Waals surface area contributed by atoms with Gasteiger partial charge in [0.2, 0.25) is 5.91 Å². The van der Waals surface area contributed by atoms with Crippen molar-refractivity contribution in [3.63, 3.8) is 0 Å². The van der Waals surface area contributed by atoms with Crippen LogP contribution in [0.1, 0.15) is 23.3 Å². The molecule has 1 amide bonds. The molecular formula is C25H21NO7. The van der Waals surface area contributed by atoms with Crippen LogP contribution in [0.4, 0.5) is 5.69 Å². The van der Waals surface area contributed by atoms with E-state index in [1.54, 1.807) is 38.5 Å². The molecule has 0 radical (unpaired) electrons. The van der Waals surface area contributed by atoms with E-state index < -0.39 is 11.9 Å². The second-order valence-corrected chi connectivity index (χ2v) is 7.39. The molecule has 8 heteroatoms. The van der Waals surface area contributed by atoms with Crippen LogP contribution in [-0.4, -0.2) is 31.2 Å². The highest BCUT2D eigenvalue weighted by atomic mass is 16.5. The highest BCUT2D eigenvalue weighted by molar-refractivity contribution is 6.03. The maximum absolute atomic E-state index is 13.1. The van der Waals surface area contributed by atoms with Gasteiger partial charge in [-0.2, -0.15) is 0 Å². The van der Waals surface area contributed by atoms with Crippen LogP contribution in [0.5, 0.6) is 11.5 Å². The highest BCUT2D eigenvalue weighted by Gasteiger charge is 2.24. The Morgan fingerprint density at radius 3 is 2.61 bits per heavy atom. The summed E-state index contributed by atoms with van der Waals surface area (Å²) in [5.74, 6) is 0.0206. The summed E-state index contributed by atoms with van der Waals surface area (Å²) in [7, 11) is 3.17. The summed E-state index contributed by atoms with van der Waals surface area (Å²) in [6.07, 6.45) is 4.77. The number of amides is 1. The van der Waals surface area contributed by atoms with Crippen LogP contribution in [0.25, 0.3) is 22.6 Å². The van der Waals surface area contributed by atoms with E-state index in [-0.39, 0.29) is 5.43 Å². The van der Waals surface area contributed by atoms with Crippen LogP contribution in [0.3, 0.4) is 0 Å². The molecule has 0 saturated carbocycles. The van der Waals surface area contributed by atoms with Crippen LogP contribution in [0, 0.1) is 0 Å². The molecule has 0 spiro atoms. The molecule has 8 nitrogen and oxygen atoms in total. The third kappa shape index (κ3) is 4.50. The average Bonchev–Trinajstić information content (AvgIpc) is 3.20. The predicted molar refractivity (Wildman–Crippen MR) is 124 cm³/mol. The average molecular weight is 447 g/mol. The number of allylic oxidation sites excluding steroid dienone is 1. The Kier molecular flexibility index (Phi) is 5.99. The molecule has 1 aliphatic rings. The largest absolute Gasteiger partial charge is 0.497 e. The van der Waals surface area contributed by atoms with Gasteiger partial charge in [0.25, 0.3) is 0 Å². The van der Waals surface area contributed by atoms with Crippen molar-refractivity contribution in [2.24, 2.45) is 0 Å². The van der Waals surface area contributed by atoms with E-state index in [2.05, 4.69) is 5.32 Å². The smallest absolute Gasteiger partial charge is 0.328 e. The Labute approximate surface area is 188 Å². The predicted octanol–water partition coefficient (Wildman–Crippen LogP) is 3.88. The third-order valence-electron chi connectivity index (χ3n) is 5.33. The van der Waals surface area contributed by atoms with Crippen LogP contribution in [0.15, 0.2) is 57.8 Å². The summed E-state index contributed by atoms with van der Waals surface area (Å²) < 4.78 is 16.9. The Morgan fingerprint density at radius 2 is 1.88 bits per heavy atom. The number of ether oxygens (including phenoxy) is 2. The first-order chi connectivity index (χ1) is 15.9. The van der Waals surface area contributed by atoms with E-state index >= 15 is 0 Å². The number of aliphatic carboxylic acids is 1. The van der Waals surface area contributed by atoms with Crippen molar-refractivity contribution in [2.75, 3.05) is 19.5 Å². The topological polar surface area (TPSA) is 115 Å². The molecule has 168 valence electrons. The van der Waals surface area contributed by atoms with Crippen molar-refractivity contribution < 1.29 is 28.6 Å². The number of carbonyl (C=O) groups is 2. The lowest BCUT2D eigenvalue weighted by molar-refractivity contribution is -0.131. The number of methoxy groups -OCH3 is 2. The summed E-state index contributed by atoms with van der Waals surface area (Å²) in [5.41, 5.74) is 2.85. The first-order valence-corrected chi connectivity index (χ1v) is 10.1. The van der Waals surface area contributed by atoms with Crippen LogP contribution >= 0.6 is 0 Å². The lowest BCUT2D eigenvalue weighted by atomic mass is 10.1. The molecule has 0 saturated heterocycles. The van der Waals surface area contributed by atoms with Gasteiger partial charge in [-0.05, 0) is 54.8 Å². The minimum absolute atomic E-state index is 0.115. The number of fused-ring (bicyclic) bond motifs is 2. The molecule has 33 heavy (non-hydrogen) atoms. The number of carbonyl (C=O) groups excluding carboxylic acids is 1. The van der Waals surface area contributed by atoms with Gasteiger partial charge >= 0.3 is 5.97 Å². The van der Waals surface area contributed by atoms with Crippen molar-refractivity contribution in [3.05, 3.63) is 75.7 Å². The molecule has 1 aromatic heterocycles.